The van der Waals surface area contributed by atoms with Crippen molar-refractivity contribution in [3.63, 3.8) is 0 Å². The second kappa shape index (κ2) is 20.8. The quantitative estimate of drug-likeness (QED) is 0.0782. The van der Waals surface area contributed by atoms with Crippen LogP contribution in [0.2, 0.25) is 0 Å². The van der Waals surface area contributed by atoms with Gasteiger partial charge in [0.15, 0.2) is 11.6 Å². The van der Waals surface area contributed by atoms with E-state index in [-0.39, 0.29) is 60.9 Å². The maximum atomic E-state index is 12.9. The Balaban J connectivity index is 1.36. The van der Waals surface area contributed by atoms with Crippen molar-refractivity contribution in [3.8, 4) is 0 Å². The van der Waals surface area contributed by atoms with E-state index in [9.17, 15) is 24.6 Å². The van der Waals surface area contributed by atoms with Gasteiger partial charge in [-0.1, -0.05) is 39.8 Å². The summed E-state index contributed by atoms with van der Waals surface area (Å²) in [5.74, 6) is -0.680. The fourth-order valence-corrected chi connectivity index (χ4v) is 7.51. The van der Waals surface area contributed by atoms with Gasteiger partial charge in [-0.15, -0.1) is 0 Å². The maximum absolute atomic E-state index is 12.9. The molecule has 11 atom stereocenters. The minimum atomic E-state index is -1.02. The van der Waals surface area contributed by atoms with Crippen LogP contribution in [0.4, 0.5) is 0 Å². The van der Waals surface area contributed by atoms with E-state index in [0.29, 0.717) is 24.8 Å². The second-order valence-electron chi connectivity index (χ2n) is 15.7. The van der Waals surface area contributed by atoms with Crippen LogP contribution >= 0.6 is 0 Å². The number of ketones is 1. The van der Waals surface area contributed by atoms with Crippen molar-refractivity contribution in [1.29, 1.82) is 0 Å². The third-order valence-corrected chi connectivity index (χ3v) is 11.2. The summed E-state index contributed by atoms with van der Waals surface area (Å²) in [5.41, 5.74) is 1.01. The molecule has 0 saturated carbocycles. The molecule has 4 N–H and O–H groups in total. The molecule has 3 heterocycles. The largest absolute Gasteiger partial charge is 0.390 e. The van der Waals surface area contributed by atoms with Crippen LogP contribution in [0.15, 0.2) is 23.8 Å². The number of hydrogen-bond donors (Lipinski definition) is 4. The first-order valence-corrected chi connectivity index (χ1v) is 19.5. The molecule has 50 heavy (non-hydrogen) atoms. The highest BCUT2D eigenvalue weighted by molar-refractivity contribution is 5.89. The maximum Gasteiger partial charge on any atom is 0.225 e. The van der Waals surface area contributed by atoms with Crippen LogP contribution in [0.1, 0.15) is 132 Å². The predicted octanol–water partition coefficient (Wildman–Crippen LogP) is 5.93. The lowest BCUT2D eigenvalue weighted by molar-refractivity contribution is -0.324. The minimum Gasteiger partial charge on any atom is -0.390 e. The highest BCUT2D eigenvalue weighted by Crippen LogP contribution is 2.43. The van der Waals surface area contributed by atoms with Crippen molar-refractivity contribution >= 4 is 17.6 Å². The Hall–Kier alpha value is -2.11. The van der Waals surface area contributed by atoms with E-state index >= 15 is 0 Å². The molecule has 0 aromatic carbocycles. The molecule has 3 aliphatic rings. The third kappa shape index (κ3) is 13.8. The Morgan fingerprint density at radius 1 is 0.900 bits per heavy atom. The van der Waals surface area contributed by atoms with Crippen molar-refractivity contribution in [1.82, 2.24) is 10.6 Å². The standard InChI is InChI=1S/C40H68N2O8/c1-8-11-32(44)23-34-17-15-27(3)37(48-34)24-38(46)42-25-35(45)30(6)39(47)41-21-10-13-36-28(4)18-20-40(50-36)19-9-12-33(49-40)16-14-26(2)22-29(5)31(7)43/h8,11,22,26-28,30-31,33-37,43,45H,9-10,12-21,23-25H2,1-7H3,(H,41,47)(H,42,46)/b11-8+,29-22+/t26-,27-,28-,30-,31-,33-,34+,35-,36+,37-,40-/m0/s1. The number of nitrogens with one attached hydrogen (secondary N) is 2. The number of aliphatic hydroxyl groups excluding tert-OH is 2. The number of rotatable bonds is 18. The van der Waals surface area contributed by atoms with Gasteiger partial charge in [0.25, 0.3) is 0 Å². The summed E-state index contributed by atoms with van der Waals surface area (Å²) >= 11 is 0. The number of hydrogen-bond acceptors (Lipinski definition) is 8. The van der Waals surface area contributed by atoms with E-state index in [1.165, 1.54) is 0 Å². The molecule has 10 heteroatoms. The molecule has 2 amide bonds. The summed E-state index contributed by atoms with van der Waals surface area (Å²) in [4.78, 5) is 37.6. The van der Waals surface area contributed by atoms with Gasteiger partial charge in [0.05, 0.1) is 49.0 Å². The SMILES string of the molecule is C/C=C/C(=O)C[C@H]1CC[C@H](C)[C@H](CC(=O)NC[C@H](O)[C@H](C)C(=O)NCCC[C@H]2O[C@@]3(CCC[C@@H](CC[C@H](C)/C=C(\C)[C@H](C)O)O3)CC[C@@H]2C)O1. The molecule has 1 spiro atoms. The van der Waals surface area contributed by atoms with E-state index in [1.54, 1.807) is 26.0 Å². The molecule has 0 aromatic heterocycles. The lowest BCUT2D eigenvalue weighted by Crippen LogP contribution is -2.50. The summed E-state index contributed by atoms with van der Waals surface area (Å²) in [6.45, 7) is 14.2. The Morgan fingerprint density at radius 2 is 1.64 bits per heavy atom. The van der Waals surface area contributed by atoms with Gasteiger partial charge in [-0.2, -0.15) is 0 Å². The fraction of sp³-hybridized carbons (Fsp3) is 0.825. The molecule has 3 fully saturated rings. The summed E-state index contributed by atoms with van der Waals surface area (Å²) < 4.78 is 19.5. The van der Waals surface area contributed by atoms with Crippen molar-refractivity contribution < 1.29 is 38.8 Å². The van der Waals surface area contributed by atoms with Gasteiger partial charge >= 0.3 is 0 Å². The molecule has 3 aliphatic heterocycles. The van der Waals surface area contributed by atoms with Crippen molar-refractivity contribution in [2.24, 2.45) is 23.7 Å². The normalized spacial score (nSPS) is 31.6. The van der Waals surface area contributed by atoms with Crippen LogP contribution in [0, 0.1) is 23.7 Å². The first-order valence-electron chi connectivity index (χ1n) is 19.5. The number of aliphatic hydroxyl groups is 2. The summed E-state index contributed by atoms with van der Waals surface area (Å²) in [7, 11) is 0. The molecular weight excluding hydrogens is 636 g/mol. The van der Waals surface area contributed by atoms with Crippen LogP contribution < -0.4 is 10.6 Å². The van der Waals surface area contributed by atoms with Crippen LogP contribution in [-0.4, -0.2) is 83.3 Å². The van der Waals surface area contributed by atoms with Crippen LogP contribution in [0.25, 0.3) is 0 Å². The zero-order valence-corrected chi connectivity index (χ0v) is 32.0. The van der Waals surface area contributed by atoms with Gasteiger partial charge in [0.1, 0.15) is 0 Å². The van der Waals surface area contributed by atoms with Gasteiger partial charge in [-0.25, -0.2) is 0 Å². The summed E-state index contributed by atoms with van der Waals surface area (Å²) in [6.07, 6.45) is 14.5. The molecule has 0 aromatic rings. The zero-order valence-electron chi connectivity index (χ0n) is 32.0. The predicted molar refractivity (Wildman–Crippen MR) is 195 cm³/mol. The number of allylic oxidation sites excluding steroid dienone is 3. The second-order valence-corrected chi connectivity index (χ2v) is 15.7. The fourth-order valence-electron chi connectivity index (χ4n) is 7.51. The van der Waals surface area contributed by atoms with Crippen molar-refractivity contribution in [2.75, 3.05) is 13.1 Å². The third-order valence-electron chi connectivity index (χ3n) is 11.2. The first kappa shape index (κ1) is 42.3. The summed E-state index contributed by atoms with van der Waals surface area (Å²) in [5, 5.41) is 26.2. The molecule has 10 nitrogen and oxygen atoms in total. The van der Waals surface area contributed by atoms with Crippen LogP contribution in [0.3, 0.4) is 0 Å². The lowest BCUT2D eigenvalue weighted by atomic mass is 9.85. The molecule has 0 unspecified atom stereocenters. The highest BCUT2D eigenvalue weighted by atomic mass is 16.7. The smallest absolute Gasteiger partial charge is 0.225 e. The Morgan fingerprint density at radius 3 is 2.36 bits per heavy atom. The number of ether oxygens (including phenoxy) is 3. The molecule has 0 radical (unpaired) electrons. The van der Waals surface area contributed by atoms with E-state index in [2.05, 4.69) is 30.6 Å². The average Bonchev–Trinajstić information content (AvgIpc) is 3.07. The zero-order chi connectivity index (χ0) is 36.8. The topological polar surface area (TPSA) is 143 Å². The monoisotopic (exact) mass is 704 g/mol. The molecule has 3 saturated heterocycles. The van der Waals surface area contributed by atoms with Crippen molar-refractivity contribution in [3.05, 3.63) is 23.8 Å². The molecule has 286 valence electrons. The van der Waals surface area contributed by atoms with Gasteiger partial charge in [-0.3, -0.25) is 14.4 Å². The number of carbonyl (C=O) groups is 3. The van der Waals surface area contributed by atoms with Crippen LogP contribution in [0.5, 0.6) is 0 Å². The Labute approximate surface area is 301 Å². The van der Waals surface area contributed by atoms with Gasteiger partial charge < -0.3 is 35.1 Å². The van der Waals surface area contributed by atoms with Gasteiger partial charge in [0.2, 0.25) is 11.8 Å². The van der Waals surface area contributed by atoms with E-state index in [4.69, 9.17) is 14.2 Å². The van der Waals surface area contributed by atoms with E-state index in [1.807, 2.05) is 20.8 Å². The van der Waals surface area contributed by atoms with E-state index < -0.39 is 23.9 Å². The first-order chi connectivity index (χ1) is 23.7. The summed E-state index contributed by atoms with van der Waals surface area (Å²) in [6, 6.07) is 0. The number of amides is 2. The molecule has 0 bridgehead atoms. The molecule has 3 rings (SSSR count). The highest BCUT2D eigenvalue weighted by Gasteiger charge is 2.44. The minimum absolute atomic E-state index is 0.0223. The Bertz CT molecular complexity index is 1140. The van der Waals surface area contributed by atoms with E-state index in [0.717, 1.165) is 76.2 Å². The lowest BCUT2D eigenvalue weighted by Gasteiger charge is -2.48. The Kier molecular flexibility index (Phi) is 17.6. The van der Waals surface area contributed by atoms with Gasteiger partial charge in [0, 0.05) is 32.4 Å². The van der Waals surface area contributed by atoms with Crippen LogP contribution in [-0.2, 0) is 28.6 Å². The van der Waals surface area contributed by atoms with Gasteiger partial charge in [-0.05, 0) is 108 Å². The average molecular weight is 705 g/mol. The molecule has 0 aliphatic carbocycles. The van der Waals surface area contributed by atoms with Crippen molar-refractivity contribution in [2.45, 2.75) is 174 Å². The molecular formula is C40H68N2O8. The number of carbonyl (C=O) groups excluding carboxylic acids is 3.